The first-order chi connectivity index (χ1) is 14.3. The molecule has 3 aromatic rings. The quantitative estimate of drug-likeness (QED) is 0.489. The molecular formula is C21H18F2N2O3S2. The van der Waals surface area contributed by atoms with Crippen molar-refractivity contribution >= 4 is 33.4 Å². The topological polar surface area (TPSA) is 75.3 Å². The number of hydrogen-bond donors (Lipinski definition) is 2. The fourth-order valence-electron chi connectivity index (χ4n) is 2.60. The van der Waals surface area contributed by atoms with Crippen molar-refractivity contribution in [1.29, 1.82) is 0 Å². The van der Waals surface area contributed by atoms with Crippen LogP contribution in [0.25, 0.3) is 0 Å². The molecule has 0 aliphatic heterocycles. The zero-order valence-corrected chi connectivity index (χ0v) is 17.2. The summed E-state index contributed by atoms with van der Waals surface area (Å²) in [6.45, 7) is 0.317. The molecule has 1 amide bonds. The van der Waals surface area contributed by atoms with Crippen LogP contribution in [0.4, 0.5) is 14.5 Å². The zero-order chi connectivity index (χ0) is 21.6. The zero-order valence-electron chi connectivity index (χ0n) is 15.6. The van der Waals surface area contributed by atoms with Gasteiger partial charge in [-0.25, -0.2) is 8.42 Å². The molecule has 156 valence electrons. The van der Waals surface area contributed by atoms with Crippen molar-refractivity contribution in [3.8, 4) is 0 Å². The van der Waals surface area contributed by atoms with Crippen molar-refractivity contribution < 1.29 is 22.0 Å². The van der Waals surface area contributed by atoms with Crippen molar-refractivity contribution in [3.63, 3.8) is 0 Å². The molecule has 0 aromatic heterocycles. The molecule has 3 aromatic carbocycles. The molecule has 0 spiro atoms. The first-order valence-electron chi connectivity index (χ1n) is 8.83. The Morgan fingerprint density at radius 1 is 0.933 bits per heavy atom. The van der Waals surface area contributed by atoms with Gasteiger partial charge in [0.15, 0.2) is 0 Å². The summed E-state index contributed by atoms with van der Waals surface area (Å²) in [6, 6.07) is 20.6. The van der Waals surface area contributed by atoms with E-state index in [9.17, 15) is 22.0 Å². The van der Waals surface area contributed by atoms with Crippen LogP contribution in [-0.2, 0) is 16.6 Å². The number of amides is 1. The van der Waals surface area contributed by atoms with Gasteiger partial charge in [0.25, 0.3) is 21.7 Å². The van der Waals surface area contributed by atoms with Crippen LogP contribution in [0, 0.1) is 0 Å². The van der Waals surface area contributed by atoms with Crippen LogP contribution >= 0.6 is 11.8 Å². The summed E-state index contributed by atoms with van der Waals surface area (Å²) in [5.41, 5.74) is 1.36. The van der Waals surface area contributed by atoms with Crippen LogP contribution in [-0.4, -0.2) is 20.1 Å². The number of anilines is 1. The average molecular weight is 449 g/mol. The molecule has 0 heterocycles. The largest absolute Gasteiger partial charge is 0.348 e. The minimum Gasteiger partial charge on any atom is -0.348 e. The van der Waals surface area contributed by atoms with Crippen molar-refractivity contribution in [2.75, 3.05) is 4.72 Å². The van der Waals surface area contributed by atoms with Gasteiger partial charge in [0.2, 0.25) is 0 Å². The smallest absolute Gasteiger partial charge is 0.288 e. The molecule has 0 saturated heterocycles. The Balaban J connectivity index is 1.69. The molecule has 0 unspecified atom stereocenters. The lowest BCUT2D eigenvalue weighted by Gasteiger charge is -2.10. The Bertz CT molecular complexity index is 1110. The van der Waals surface area contributed by atoms with Gasteiger partial charge in [0.1, 0.15) is 0 Å². The molecule has 0 aliphatic rings. The number of carbonyl (C=O) groups excluding carboxylic acids is 1. The van der Waals surface area contributed by atoms with E-state index in [2.05, 4.69) is 10.0 Å². The highest BCUT2D eigenvalue weighted by Gasteiger charge is 2.17. The number of halogens is 2. The van der Waals surface area contributed by atoms with E-state index in [0.717, 1.165) is 5.56 Å². The maximum atomic E-state index is 12.7. The Hall–Kier alpha value is -2.91. The highest BCUT2D eigenvalue weighted by Crippen LogP contribution is 2.27. The van der Waals surface area contributed by atoms with Crippen molar-refractivity contribution in [1.82, 2.24) is 5.32 Å². The second-order valence-corrected chi connectivity index (χ2v) is 8.95. The molecule has 0 atom stereocenters. The fraction of sp³-hybridized carbons (Fsp3) is 0.0952. The highest BCUT2D eigenvalue weighted by atomic mass is 32.2. The van der Waals surface area contributed by atoms with Crippen LogP contribution < -0.4 is 10.0 Å². The lowest BCUT2D eigenvalue weighted by molar-refractivity contribution is 0.0950. The number of nitrogens with one attached hydrogen (secondary N) is 2. The Morgan fingerprint density at radius 3 is 2.30 bits per heavy atom. The van der Waals surface area contributed by atoms with Crippen LogP contribution in [0.5, 0.6) is 0 Å². The summed E-state index contributed by atoms with van der Waals surface area (Å²) >= 11 is 0.375. The van der Waals surface area contributed by atoms with Gasteiger partial charge in [0, 0.05) is 22.7 Å². The number of hydrogen-bond acceptors (Lipinski definition) is 4. The van der Waals surface area contributed by atoms with Crippen LogP contribution in [0.15, 0.2) is 88.7 Å². The van der Waals surface area contributed by atoms with Gasteiger partial charge in [-0.2, -0.15) is 8.78 Å². The van der Waals surface area contributed by atoms with Gasteiger partial charge in [-0.05, 0) is 48.0 Å². The van der Waals surface area contributed by atoms with Gasteiger partial charge in [-0.15, -0.1) is 0 Å². The van der Waals surface area contributed by atoms with E-state index in [0.29, 0.717) is 23.2 Å². The lowest BCUT2D eigenvalue weighted by Crippen LogP contribution is -2.23. The monoisotopic (exact) mass is 448 g/mol. The molecule has 0 radical (unpaired) electrons. The summed E-state index contributed by atoms with van der Waals surface area (Å²) in [4.78, 5) is 12.6. The second kappa shape index (κ2) is 9.73. The molecule has 5 nitrogen and oxygen atoms in total. The summed E-state index contributed by atoms with van der Waals surface area (Å²) in [6.07, 6.45) is 0. The maximum Gasteiger partial charge on any atom is 0.288 e. The van der Waals surface area contributed by atoms with Crippen LogP contribution in [0.3, 0.4) is 0 Å². The van der Waals surface area contributed by atoms with E-state index in [1.165, 1.54) is 48.5 Å². The standard InChI is InChI=1S/C21H18F2N2O3S2/c22-21(23)29-18-11-9-17(10-12-18)25-30(27,28)19-8-4-7-16(13-19)20(26)24-14-15-5-2-1-3-6-15/h1-13,21,25H,14H2,(H,24,26). The molecule has 2 N–H and O–H groups in total. The summed E-state index contributed by atoms with van der Waals surface area (Å²) in [5.74, 6) is -2.95. The number of thioether (sulfide) groups is 1. The Morgan fingerprint density at radius 2 is 1.63 bits per heavy atom. The SMILES string of the molecule is O=C(NCc1ccccc1)c1cccc(S(=O)(=O)Nc2ccc(SC(F)F)cc2)c1. The van der Waals surface area contributed by atoms with Gasteiger partial charge >= 0.3 is 0 Å². The minimum atomic E-state index is -3.96. The molecule has 3 rings (SSSR count). The van der Waals surface area contributed by atoms with Crippen molar-refractivity contribution in [2.24, 2.45) is 0 Å². The number of carbonyl (C=O) groups is 1. The second-order valence-electron chi connectivity index (χ2n) is 6.20. The summed E-state index contributed by atoms with van der Waals surface area (Å²) < 4.78 is 52.5. The van der Waals surface area contributed by atoms with E-state index in [4.69, 9.17) is 0 Å². The first kappa shape index (κ1) is 21.8. The third-order valence-electron chi connectivity index (χ3n) is 4.03. The normalized spacial score (nSPS) is 11.3. The third-order valence-corrected chi connectivity index (χ3v) is 6.14. The van der Waals surface area contributed by atoms with Crippen molar-refractivity contribution in [2.45, 2.75) is 22.1 Å². The predicted octanol–water partition coefficient (Wildman–Crippen LogP) is 4.73. The number of rotatable bonds is 8. The predicted molar refractivity (Wildman–Crippen MR) is 113 cm³/mol. The van der Waals surface area contributed by atoms with Crippen LogP contribution in [0.1, 0.15) is 15.9 Å². The van der Waals surface area contributed by atoms with E-state index in [-0.39, 0.29) is 16.1 Å². The number of benzene rings is 3. The lowest BCUT2D eigenvalue weighted by atomic mass is 10.2. The summed E-state index contributed by atoms with van der Waals surface area (Å²) in [7, 11) is -3.96. The van der Waals surface area contributed by atoms with Crippen molar-refractivity contribution in [3.05, 3.63) is 90.0 Å². The summed E-state index contributed by atoms with van der Waals surface area (Å²) in [5, 5.41) is 2.75. The Labute approximate surface area is 177 Å². The average Bonchev–Trinajstić information content (AvgIpc) is 2.74. The third kappa shape index (κ3) is 6.04. The van der Waals surface area contributed by atoms with Gasteiger partial charge in [0.05, 0.1) is 4.90 Å². The molecule has 0 bridgehead atoms. The molecule has 0 fully saturated rings. The van der Waals surface area contributed by atoms with E-state index in [1.807, 2.05) is 30.3 Å². The number of alkyl halides is 2. The number of sulfonamides is 1. The van der Waals surface area contributed by atoms with Gasteiger partial charge in [-0.1, -0.05) is 48.2 Å². The Kier molecular flexibility index (Phi) is 7.07. The highest BCUT2D eigenvalue weighted by molar-refractivity contribution is 7.99. The first-order valence-corrected chi connectivity index (χ1v) is 11.2. The molecule has 30 heavy (non-hydrogen) atoms. The van der Waals surface area contributed by atoms with Gasteiger partial charge in [-0.3, -0.25) is 9.52 Å². The van der Waals surface area contributed by atoms with Gasteiger partial charge < -0.3 is 5.32 Å². The van der Waals surface area contributed by atoms with E-state index in [1.54, 1.807) is 0 Å². The molecule has 0 saturated carbocycles. The molecular weight excluding hydrogens is 430 g/mol. The molecule has 0 aliphatic carbocycles. The van der Waals surface area contributed by atoms with Crippen LogP contribution in [0.2, 0.25) is 0 Å². The minimum absolute atomic E-state index is 0.0825. The van der Waals surface area contributed by atoms with E-state index >= 15 is 0 Å². The fourth-order valence-corrected chi connectivity index (χ4v) is 4.21. The molecule has 9 heteroatoms. The maximum absolute atomic E-state index is 12.7. The van der Waals surface area contributed by atoms with E-state index < -0.39 is 21.7 Å².